The minimum absolute atomic E-state index is 0.0298. The molecular weight excluding hydrogens is 320 g/mol. The predicted molar refractivity (Wildman–Crippen MR) is 98.3 cm³/mol. The van der Waals surface area contributed by atoms with E-state index in [2.05, 4.69) is 24.3 Å². The third-order valence-corrected chi connectivity index (χ3v) is 4.46. The van der Waals surface area contributed by atoms with E-state index >= 15 is 0 Å². The number of benzene rings is 2. The Bertz CT molecular complexity index is 704. The molecule has 1 atom stereocenters. The Labute approximate surface area is 146 Å². The Morgan fingerprint density at radius 2 is 1.83 bits per heavy atom. The monoisotopic (exact) mass is 340 g/mol. The summed E-state index contributed by atoms with van der Waals surface area (Å²) in [6, 6.07) is 20.7. The molecule has 0 radical (unpaired) electrons. The highest BCUT2D eigenvalue weighted by atomic mass is 32.2. The van der Waals surface area contributed by atoms with Gasteiger partial charge in [-0.05, 0) is 23.8 Å². The maximum absolute atomic E-state index is 12.0. The summed E-state index contributed by atoms with van der Waals surface area (Å²) in [6.07, 6.45) is 2.54. The van der Waals surface area contributed by atoms with Crippen LogP contribution in [-0.4, -0.2) is 35.6 Å². The number of nitrogens with zero attached hydrogens (tertiary/aromatic N) is 2. The van der Waals surface area contributed by atoms with Crippen LogP contribution in [0.25, 0.3) is 0 Å². The van der Waals surface area contributed by atoms with Crippen LogP contribution in [0.4, 0.5) is 4.79 Å². The highest BCUT2D eigenvalue weighted by molar-refractivity contribution is 8.12. The Balaban J connectivity index is 1.90. The average Bonchev–Trinajstić information content (AvgIpc) is 3.10. The van der Waals surface area contributed by atoms with Crippen LogP contribution in [0.5, 0.6) is 0 Å². The van der Waals surface area contributed by atoms with Gasteiger partial charge in [0, 0.05) is 0 Å². The van der Waals surface area contributed by atoms with Crippen molar-refractivity contribution in [2.45, 2.75) is 12.5 Å². The highest BCUT2D eigenvalue weighted by Crippen LogP contribution is 2.24. The molecule has 124 valence electrons. The number of amides is 1. The number of amidine groups is 1. The molecule has 0 N–H and O–H groups in total. The molecule has 1 unspecified atom stereocenters. The molecule has 3 rings (SSSR count). The fraction of sp³-hybridized carbons (Fsp3) is 0.263. The molecule has 4 nitrogen and oxygen atoms in total. The third-order valence-electron chi connectivity index (χ3n) is 3.89. The molecule has 1 heterocycles. The number of hydrogen-bond donors (Lipinski definition) is 0. The summed E-state index contributed by atoms with van der Waals surface area (Å²) in [5, 5.41) is -0.0298. The van der Waals surface area contributed by atoms with Gasteiger partial charge in [-0.3, -0.25) is 9.69 Å². The van der Waals surface area contributed by atoms with E-state index in [0.29, 0.717) is 19.2 Å². The molecule has 0 spiro atoms. The van der Waals surface area contributed by atoms with Crippen molar-refractivity contribution in [3.8, 4) is 0 Å². The van der Waals surface area contributed by atoms with Crippen molar-refractivity contribution in [3.05, 3.63) is 71.8 Å². The summed E-state index contributed by atoms with van der Waals surface area (Å²) < 4.78 is 5.62. The van der Waals surface area contributed by atoms with Gasteiger partial charge >= 0.3 is 0 Å². The van der Waals surface area contributed by atoms with E-state index in [0.717, 1.165) is 12.0 Å². The first-order valence-corrected chi connectivity index (χ1v) is 9.15. The second-order valence-corrected chi connectivity index (χ2v) is 6.26. The predicted octanol–water partition coefficient (Wildman–Crippen LogP) is 4.14. The smallest absolute Gasteiger partial charge is 0.295 e. The van der Waals surface area contributed by atoms with Crippen LogP contribution in [0.1, 0.15) is 17.2 Å². The van der Waals surface area contributed by atoms with Gasteiger partial charge in [0.05, 0.1) is 12.6 Å². The minimum atomic E-state index is -0.0844. The molecule has 0 saturated carbocycles. The number of carbonyl (C=O) groups excluding carboxylic acids is 1. The van der Waals surface area contributed by atoms with Gasteiger partial charge in [0.25, 0.3) is 11.3 Å². The van der Waals surface area contributed by atoms with E-state index in [1.54, 1.807) is 11.2 Å². The molecule has 24 heavy (non-hydrogen) atoms. The number of ether oxygens (including phenoxy) is 1. The first kappa shape index (κ1) is 16.6. The number of hydrogen-bond acceptors (Lipinski definition) is 4. The van der Waals surface area contributed by atoms with Gasteiger partial charge in [-0.25, -0.2) is 4.99 Å². The lowest BCUT2D eigenvalue weighted by Gasteiger charge is -2.17. The molecule has 1 saturated heterocycles. The molecule has 0 bridgehead atoms. The zero-order valence-electron chi connectivity index (χ0n) is 13.6. The minimum Gasteiger partial charge on any atom is -0.463 e. The number of rotatable bonds is 4. The van der Waals surface area contributed by atoms with Crippen molar-refractivity contribution in [2.75, 3.05) is 19.4 Å². The van der Waals surface area contributed by atoms with Gasteiger partial charge in [-0.2, -0.15) is 0 Å². The van der Waals surface area contributed by atoms with Crippen molar-refractivity contribution in [2.24, 2.45) is 4.99 Å². The van der Waals surface area contributed by atoms with Gasteiger partial charge in [0.15, 0.2) is 0 Å². The molecule has 1 aliphatic heterocycles. The first-order chi connectivity index (χ1) is 11.8. The van der Waals surface area contributed by atoms with Crippen molar-refractivity contribution < 1.29 is 9.53 Å². The fourth-order valence-corrected chi connectivity index (χ4v) is 3.06. The average molecular weight is 340 g/mol. The Morgan fingerprint density at radius 1 is 1.17 bits per heavy atom. The molecule has 5 heteroatoms. The topological polar surface area (TPSA) is 41.9 Å². The highest BCUT2D eigenvalue weighted by Gasteiger charge is 2.27. The molecular formula is C19H20N2O2S. The standard InChI is InChI=1S/C19H20N2O2S/c1-24-19(22)21-12-13-23-18(21)20-17(16-10-6-3-7-11-16)14-15-8-4-2-5-9-15/h2-11,17H,12-14H2,1H3/b20-18-. The molecule has 2 aromatic carbocycles. The number of thioether (sulfide) groups is 1. The van der Waals surface area contributed by atoms with Crippen LogP contribution in [-0.2, 0) is 11.2 Å². The SMILES string of the molecule is CSC(=O)N1CCO/C1=N\C(Cc1ccccc1)c1ccccc1. The van der Waals surface area contributed by atoms with Crippen molar-refractivity contribution in [3.63, 3.8) is 0 Å². The second kappa shape index (κ2) is 8.02. The zero-order chi connectivity index (χ0) is 16.8. The lowest BCUT2D eigenvalue weighted by molar-refractivity contribution is 0.246. The van der Waals surface area contributed by atoms with E-state index in [1.165, 1.54) is 17.3 Å². The molecule has 0 aliphatic carbocycles. The Hall–Kier alpha value is -2.27. The molecule has 0 aromatic heterocycles. The van der Waals surface area contributed by atoms with Gasteiger partial charge in [-0.15, -0.1) is 0 Å². The van der Waals surface area contributed by atoms with Crippen LogP contribution < -0.4 is 0 Å². The summed E-state index contributed by atoms with van der Waals surface area (Å²) in [7, 11) is 0. The maximum Gasteiger partial charge on any atom is 0.295 e. The Morgan fingerprint density at radius 3 is 2.50 bits per heavy atom. The Kier molecular flexibility index (Phi) is 5.54. The van der Waals surface area contributed by atoms with Crippen molar-refractivity contribution >= 4 is 23.0 Å². The van der Waals surface area contributed by atoms with Gasteiger partial charge in [0.1, 0.15) is 6.61 Å². The maximum atomic E-state index is 12.0. The number of aliphatic imine (C=N–C) groups is 1. The molecule has 1 fully saturated rings. The lowest BCUT2D eigenvalue weighted by Crippen LogP contribution is -2.29. The summed E-state index contributed by atoms with van der Waals surface area (Å²) >= 11 is 1.18. The zero-order valence-corrected chi connectivity index (χ0v) is 14.4. The van der Waals surface area contributed by atoms with Crippen molar-refractivity contribution in [1.82, 2.24) is 4.90 Å². The van der Waals surface area contributed by atoms with E-state index in [-0.39, 0.29) is 11.3 Å². The summed E-state index contributed by atoms with van der Waals surface area (Å²) in [4.78, 5) is 18.4. The van der Waals surface area contributed by atoms with Crippen LogP contribution in [0.3, 0.4) is 0 Å². The van der Waals surface area contributed by atoms with E-state index in [9.17, 15) is 4.79 Å². The van der Waals surface area contributed by atoms with Crippen LogP contribution in [0, 0.1) is 0 Å². The van der Waals surface area contributed by atoms with Crippen LogP contribution in [0.2, 0.25) is 0 Å². The van der Waals surface area contributed by atoms with Crippen LogP contribution in [0.15, 0.2) is 65.7 Å². The third kappa shape index (κ3) is 3.97. The van der Waals surface area contributed by atoms with E-state index in [1.807, 2.05) is 36.4 Å². The lowest BCUT2D eigenvalue weighted by atomic mass is 9.99. The number of carbonyl (C=O) groups is 1. The second-order valence-electron chi connectivity index (χ2n) is 5.50. The first-order valence-electron chi connectivity index (χ1n) is 7.93. The van der Waals surface area contributed by atoms with E-state index < -0.39 is 0 Å². The van der Waals surface area contributed by atoms with Gasteiger partial charge in [-0.1, -0.05) is 72.4 Å². The summed E-state index contributed by atoms with van der Waals surface area (Å²) in [5.41, 5.74) is 2.32. The van der Waals surface area contributed by atoms with Crippen molar-refractivity contribution in [1.29, 1.82) is 0 Å². The van der Waals surface area contributed by atoms with Crippen LogP contribution >= 0.6 is 11.8 Å². The summed E-state index contributed by atoms with van der Waals surface area (Å²) in [6.45, 7) is 1.06. The quantitative estimate of drug-likeness (QED) is 0.840. The van der Waals surface area contributed by atoms with Gasteiger partial charge in [0.2, 0.25) is 0 Å². The summed E-state index contributed by atoms with van der Waals surface area (Å²) in [5.74, 6) is 0. The normalized spacial score (nSPS) is 16.9. The fourth-order valence-electron chi connectivity index (χ4n) is 2.67. The molecule has 1 aliphatic rings. The van der Waals surface area contributed by atoms with E-state index in [4.69, 9.17) is 9.73 Å². The van der Waals surface area contributed by atoms with Gasteiger partial charge < -0.3 is 4.74 Å². The largest absolute Gasteiger partial charge is 0.463 e. The molecule has 2 aromatic rings. The molecule has 1 amide bonds.